The Balaban J connectivity index is 2.82. The van der Waals surface area contributed by atoms with E-state index < -0.39 is 20.0 Å². The molecule has 0 unspecified atom stereocenters. The van der Waals surface area contributed by atoms with Crippen LogP contribution in [0.1, 0.15) is 11.1 Å². The van der Waals surface area contributed by atoms with E-state index in [4.69, 9.17) is 5.73 Å². The van der Waals surface area contributed by atoms with Gasteiger partial charge < -0.3 is 5.73 Å². The van der Waals surface area contributed by atoms with Crippen LogP contribution >= 0.6 is 0 Å². The maximum Gasteiger partial charge on any atom is 0.240 e. The zero-order valence-corrected chi connectivity index (χ0v) is 13.0. The fourth-order valence-corrected chi connectivity index (χ4v) is 3.38. The van der Waals surface area contributed by atoms with Crippen LogP contribution in [0.15, 0.2) is 23.1 Å². The largest absolute Gasteiger partial charge is 0.326 e. The Morgan fingerprint density at radius 2 is 1.85 bits per heavy atom. The zero-order valence-electron chi connectivity index (χ0n) is 11.4. The number of nitrogens with one attached hydrogen (secondary N) is 2. The minimum absolute atomic E-state index is 0.0917. The first-order valence-electron chi connectivity index (χ1n) is 5.92. The third-order valence-corrected chi connectivity index (χ3v) is 5.64. The van der Waals surface area contributed by atoms with Crippen LogP contribution in [0.4, 0.5) is 0 Å². The maximum absolute atomic E-state index is 12.0. The lowest BCUT2D eigenvalue weighted by atomic mass is 10.1. The Morgan fingerprint density at radius 1 is 1.20 bits per heavy atom. The van der Waals surface area contributed by atoms with Gasteiger partial charge in [-0.1, -0.05) is 6.07 Å². The molecule has 7 nitrogen and oxygen atoms in total. The van der Waals surface area contributed by atoms with Crippen molar-refractivity contribution >= 4 is 20.0 Å². The van der Waals surface area contributed by atoms with Crippen LogP contribution in [-0.4, -0.2) is 36.2 Å². The Bertz CT molecular complexity index is 669. The summed E-state index contributed by atoms with van der Waals surface area (Å²) < 4.78 is 50.8. The van der Waals surface area contributed by atoms with Crippen molar-refractivity contribution in [3.8, 4) is 0 Å². The minimum atomic E-state index is -3.72. The fourth-order valence-electron chi connectivity index (χ4n) is 1.56. The van der Waals surface area contributed by atoms with Gasteiger partial charge in [0.15, 0.2) is 0 Å². The molecule has 4 N–H and O–H groups in total. The average molecular weight is 321 g/mol. The summed E-state index contributed by atoms with van der Waals surface area (Å²) in [6.45, 7) is 1.91. The minimum Gasteiger partial charge on any atom is -0.326 e. The second-order valence-corrected chi connectivity index (χ2v) is 8.03. The van der Waals surface area contributed by atoms with Crippen LogP contribution in [0.2, 0.25) is 0 Å². The van der Waals surface area contributed by atoms with E-state index in [9.17, 15) is 16.8 Å². The van der Waals surface area contributed by atoms with Gasteiger partial charge in [0.2, 0.25) is 20.0 Å². The van der Waals surface area contributed by atoms with Gasteiger partial charge >= 0.3 is 0 Å². The smallest absolute Gasteiger partial charge is 0.240 e. The van der Waals surface area contributed by atoms with Crippen molar-refractivity contribution < 1.29 is 16.8 Å². The molecule has 0 aliphatic rings. The lowest BCUT2D eigenvalue weighted by Gasteiger charge is -2.09. The van der Waals surface area contributed by atoms with E-state index in [0.29, 0.717) is 6.54 Å². The summed E-state index contributed by atoms with van der Waals surface area (Å²) in [5.41, 5.74) is 7.15. The molecule has 0 fully saturated rings. The van der Waals surface area contributed by atoms with Gasteiger partial charge in [-0.25, -0.2) is 26.3 Å². The summed E-state index contributed by atoms with van der Waals surface area (Å²) in [4.78, 5) is 0.0917. The molecular weight excluding hydrogens is 302 g/mol. The topological polar surface area (TPSA) is 118 Å². The number of sulfonamides is 2. The third kappa shape index (κ3) is 4.53. The molecule has 0 amide bonds. The lowest BCUT2D eigenvalue weighted by Crippen LogP contribution is -2.33. The molecule has 1 aromatic rings. The van der Waals surface area contributed by atoms with Crippen molar-refractivity contribution in [2.24, 2.45) is 5.73 Å². The molecule has 0 bridgehead atoms. The highest BCUT2D eigenvalue weighted by atomic mass is 32.2. The maximum atomic E-state index is 12.0. The van der Waals surface area contributed by atoms with Crippen LogP contribution in [0, 0.1) is 6.92 Å². The predicted molar refractivity (Wildman–Crippen MR) is 77.1 cm³/mol. The van der Waals surface area contributed by atoms with E-state index in [1.807, 2.05) is 0 Å². The number of aryl methyl sites for hydroxylation is 1. The molecule has 0 atom stereocenters. The molecule has 114 valence electrons. The number of hydrogen-bond donors (Lipinski definition) is 3. The molecule has 0 radical (unpaired) electrons. The SMILES string of the molecule is CNS(=O)(=O)CCNS(=O)(=O)c1ccc(CN)c(C)c1. The standard InChI is InChI=1S/C11H19N3O4S2/c1-9-7-11(4-3-10(9)8-12)20(17,18)14-5-6-19(15,16)13-2/h3-4,7,13-14H,5-6,8,12H2,1-2H3. The zero-order chi connectivity index (χ0) is 15.4. The summed E-state index contributed by atoms with van der Waals surface area (Å²) in [6, 6.07) is 4.61. The second kappa shape index (κ2) is 6.64. The highest BCUT2D eigenvalue weighted by Gasteiger charge is 2.16. The van der Waals surface area contributed by atoms with Crippen LogP contribution in [0.5, 0.6) is 0 Å². The molecule has 0 aliphatic carbocycles. The third-order valence-electron chi connectivity index (χ3n) is 2.82. The van der Waals surface area contributed by atoms with E-state index >= 15 is 0 Å². The summed E-state index contributed by atoms with van der Waals surface area (Å²) in [6.07, 6.45) is 0. The summed E-state index contributed by atoms with van der Waals surface area (Å²) >= 11 is 0. The molecule has 0 heterocycles. The quantitative estimate of drug-likeness (QED) is 0.612. The van der Waals surface area contributed by atoms with Crippen molar-refractivity contribution in [1.82, 2.24) is 9.44 Å². The first kappa shape index (κ1) is 17.1. The van der Waals surface area contributed by atoms with Gasteiger partial charge in [-0.05, 0) is 37.2 Å². The number of nitrogens with two attached hydrogens (primary N) is 1. The van der Waals surface area contributed by atoms with E-state index in [1.165, 1.54) is 19.2 Å². The van der Waals surface area contributed by atoms with E-state index in [2.05, 4.69) is 9.44 Å². The van der Waals surface area contributed by atoms with Crippen molar-refractivity contribution in [3.05, 3.63) is 29.3 Å². The average Bonchev–Trinajstić information content (AvgIpc) is 2.38. The molecule has 0 aromatic heterocycles. The van der Waals surface area contributed by atoms with Gasteiger partial charge in [0.05, 0.1) is 10.6 Å². The Hall–Kier alpha value is -1.00. The Kier molecular flexibility index (Phi) is 5.66. The van der Waals surface area contributed by atoms with Crippen molar-refractivity contribution in [3.63, 3.8) is 0 Å². The van der Waals surface area contributed by atoms with E-state index in [-0.39, 0.29) is 17.2 Å². The highest BCUT2D eigenvalue weighted by Crippen LogP contribution is 2.14. The van der Waals surface area contributed by atoms with Crippen molar-refractivity contribution in [2.75, 3.05) is 19.3 Å². The van der Waals surface area contributed by atoms with Gasteiger partial charge in [0, 0.05) is 13.1 Å². The number of rotatable bonds is 7. The van der Waals surface area contributed by atoms with Gasteiger partial charge in [0.1, 0.15) is 0 Å². The highest BCUT2D eigenvalue weighted by molar-refractivity contribution is 7.90. The molecule has 1 rings (SSSR count). The molecule has 0 saturated carbocycles. The van der Waals surface area contributed by atoms with Crippen LogP contribution < -0.4 is 15.2 Å². The van der Waals surface area contributed by atoms with Gasteiger partial charge in [-0.15, -0.1) is 0 Å². The van der Waals surface area contributed by atoms with Crippen molar-refractivity contribution in [2.45, 2.75) is 18.4 Å². The molecule has 1 aromatic carbocycles. The second-order valence-electron chi connectivity index (χ2n) is 4.21. The molecule has 0 aliphatic heterocycles. The number of benzene rings is 1. The Morgan fingerprint density at radius 3 is 2.35 bits per heavy atom. The van der Waals surface area contributed by atoms with Gasteiger partial charge in [-0.3, -0.25) is 0 Å². The summed E-state index contributed by atoms with van der Waals surface area (Å²) in [7, 11) is -5.88. The van der Waals surface area contributed by atoms with Crippen LogP contribution in [0.3, 0.4) is 0 Å². The fraction of sp³-hybridized carbons (Fsp3) is 0.455. The van der Waals surface area contributed by atoms with Gasteiger partial charge in [0.25, 0.3) is 0 Å². The normalized spacial score (nSPS) is 12.6. The molecule has 0 spiro atoms. The summed E-state index contributed by atoms with van der Waals surface area (Å²) in [5, 5.41) is 0. The molecular formula is C11H19N3O4S2. The van der Waals surface area contributed by atoms with E-state index in [0.717, 1.165) is 11.1 Å². The first-order valence-corrected chi connectivity index (χ1v) is 9.06. The van der Waals surface area contributed by atoms with Crippen molar-refractivity contribution in [1.29, 1.82) is 0 Å². The monoisotopic (exact) mass is 321 g/mol. The first-order chi connectivity index (χ1) is 9.22. The molecule has 0 saturated heterocycles. The number of hydrogen-bond acceptors (Lipinski definition) is 5. The lowest BCUT2D eigenvalue weighted by molar-refractivity contribution is 0.578. The Labute approximate surface area is 119 Å². The summed E-state index contributed by atoms with van der Waals surface area (Å²) in [5.74, 6) is -0.317. The molecule has 20 heavy (non-hydrogen) atoms. The van der Waals surface area contributed by atoms with E-state index in [1.54, 1.807) is 13.0 Å². The molecule has 9 heteroatoms. The van der Waals surface area contributed by atoms with Gasteiger partial charge in [-0.2, -0.15) is 0 Å². The van der Waals surface area contributed by atoms with Crippen LogP contribution in [-0.2, 0) is 26.6 Å². The van der Waals surface area contributed by atoms with Crippen LogP contribution in [0.25, 0.3) is 0 Å². The predicted octanol–water partition coefficient (Wildman–Crippen LogP) is -0.719.